The molecular formula is C29H32N2O5. The third-order valence-electron chi connectivity index (χ3n) is 5.91. The molecule has 7 heteroatoms. The third-order valence-corrected chi connectivity index (χ3v) is 5.91. The highest BCUT2D eigenvalue weighted by atomic mass is 16.5. The monoisotopic (exact) mass is 488 g/mol. The van der Waals surface area contributed by atoms with Crippen LogP contribution in [0.3, 0.4) is 0 Å². The lowest BCUT2D eigenvalue weighted by Gasteiger charge is -2.10. The molecule has 0 aliphatic heterocycles. The number of nitrogens with zero attached hydrogens (tertiary/aromatic N) is 1. The summed E-state index contributed by atoms with van der Waals surface area (Å²) in [5, 5.41) is 13.3. The van der Waals surface area contributed by atoms with Crippen LogP contribution in [0, 0.1) is 0 Å². The summed E-state index contributed by atoms with van der Waals surface area (Å²) in [5.41, 5.74) is 3.74. The van der Waals surface area contributed by atoms with Crippen LogP contribution in [-0.4, -0.2) is 42.3 Å². The second-order valence-electron chi connectivity index (χ2n) is 8.27. The zero-order chi connectivity index (χ0) is 26.1. The fraction of sp³-hybridized carbons (Fsp3) is 0.241. The molecule has 0 radical (unpaired) electrons. The fourth-order valence-corrected chi connectivity index (χ4v) is 4.00. The number of unbranched alkanes of at least 4 members (excludes halogenated alkanes) is 1. The van der Waals surface area contributed by atoms with E-state index in [0.717, 1.165) is 41.4 Å². The van der Waals surface area contributed by atoms with E-state index in [9.17, 15) is 14.7 Å². The summed E-state index contributed by atoms with van der Waals surface area (Å²) >= 11 is 0. The number of ether oxygens (including phenoxy) is 2. The Bertz CT molecular complexity index is 1320. The number of benzene rings is 2. The number of aromatic nitrogens is 1. The number of hydrogen-bond acceptors (Lipinski definition) is 4. The molecule has 0 saturated carbocycles. The number of aromatic carboxylic acids is 1. The molecular weight excluding hydrogens is 456 g/mol. The third kappa shape index (κ3) is 6.24. The van der Waals surface area contributed by atoms with E-state index in [2.05, 4.69) is 22.7 Å². The predicted molar refractivity (Wildman–Crippen MR) is 143 cm³/mol. The van der Waals surface area contributed by atoms with Gasteiger partial charge in [-0.15, -0.1) is 0 Å². The molecule has 3 rings (SSSR count). The minimum absolute atomic E-state index is 0.203. The van der Waals surface area contributed by atoms with Crippen molar-refractivity contribution in [2.75, 3.05) is 20.8 Å². The number of carbonyl (C=O) groups is 2. The molecule has 1 amide bonds. The lowest BCUT2D eigenvalue weighted by molar-refractivity contribution is 0.0696. The van der Waals surface area contributed by atoms with Gasteiger partial charge in [-0.25, -0.2) is 4.79 Å². The van der Waals surface area contributed by atoms with Gasteiger partial charge in [0.25, 0.3) is 5.91 Å². The number of aryl methyl sites for hydroxylation is 1. The van der Waals surface area contributed by atoms with Gasteiger partial charge in [-0.2, -0.15) is 0 Å². The quantitative estimate of drug-likeness (QED) is 0.252. The first-order chi connectivity index (χ1) is 17.4. The first-order valence-electron chi connectivity index (χ1n) is 11.7. The Morgan fingerprint density at radius 3 is 2.58 bits per heavy atom. The van der Waals surface area contributed by atoms with Gasteiger partial charge in [-0.05, 0) is 68.2 Å². The molecule has 0 fully saturated rings. The van der Waals surface area contributed by atoms with Crippen LogP contribution in [0.1, 0.15) is 46.0 Å². The molecule has 3 aromatic rings. The standard InChI is InChI=1S/C29H32N2O5/c1-5-6-7-10-20(2)31-19-22(25-17-21(29(33)34)12-15-26(25)31)11-8-9-16-30-28(32)24-14-13-23(35-3)18-27(24)36-4/h5-7,10,12-15,17-19H,1,8-9,11,16H2,2-4H3,(H,30,32)(H,33,34)/b7-6-,20-10+. The highest BCUT2D eigenvalue weighted by molar-refractivity contribution is 5.97. The number of carboxylic acids is 1. The Hall–Kier alpha value is -4.26. The van der Waals surface area contributed by atoms with Crippen LogP contribution in [0.15, 0.2) is 73.5 Å². The van der Waals surface area contributed by atoms with Gasteiger partial charge in [0.2, 0.25) is 0 Å². The normalized spacial score (nSPS) is 11.6. The van der Waals surface area contributed by atoms with Crippen LogP contribution in [0.2, 0.25) is 0 Å². The van der Waals surface area contributed by atoms with Crippen molar-refractivity contribution in [3.8, 4) is 11.5 Å². The van der Waals surface area contributed by atoms with E-state index in [1.165, 1.54) is 7.11 Å². The maximum Gasteiger partial charge on any atom is 0.335 e. The van der Waals surface area contributed by atoms with Crippen molar-refractivity contribution < 1.29 is 24.2 Å². The minimum atomic E-state index is -0.951. The fourth-order valence-electron chi connectivity index (χ4n) is 4.00. The summed E-state index contributed by atoms with van der Waals surface area (Å²) in [7, 11) is 3.08. The second-order valence-corrected chi connectivity index (χ2v) is 8.27. The van der Waals surface area contributed by atoms with E-state index in [1.807, 2.05) is 31.2 Å². The average molecular weight is 489 g/mol. The molecule has 0 aliphatic rings. The molecule has 2 N–H and O–H groups in total. The molecule has 1 heterocycles. The number of nitrogens with one attached hydrogen (secondary N) is 1. The van der Waals surface area contributed by atoms with Gasteiger partial charge in [0.05, 0.1) is 30.9 Å². The van der Waals surface area contributed by atoms with Crippen molar-refractivity contribution in [2.24, 2.45) is 0 Å². The van der Waals surface area contributed by atoms with Gasteiger partial charge in [-0.3, -0.25) is 4.79 Å². The molecule has 188 valence electrons. The van der Waals surface area contributed by atoms with E-state index >= 15 is 0 Å². The van der Waals surface area contributed by atoms with Gasteiger partial charge in [0.1, 0.15) is 11.5 Å². The van der Waals surface area contributed by atoms with Gasteiger partial charge < -0.3 is 24.5 Å². The molecule has 0 bridgehead atoms. The highest BCUT2D eigenvalue weighted by Crippen LogP contribution is 2.28. The van der Waals surface area contributed by atoms with Crippen molar-refractivity contribution in [1.82, 2.24) is 9.88 Å². The van der Waals surface area contributed by atoms with Gasteiger partial charge in [0, 0.05) is 29.9 Å². The van der Waals surface area contributed by atoms with Gasteiger partial charge in [0.15, 0.2) is 0 Å². The number of carboxylic acid groups (broad SMARTS) is 1. The molecule has 1 aromatic heterocycles. The summed E-state index contributed by atoms with van der Waals surface area (Å²) in [6.45, 7) is 6.20. The van der Waals surface area contributed by atoms with Crippen LogP contribution in [0.4, 0.5) is 0 Å². The summed E-state index contributed by atoms with van der Waals surface area (Å²) < 4.78 is 12.6. The highest BCUT2D eigenvalue weighted by Gasteiger charge is 2.14. The van der Waals surface area contributed by atoms with E-state index in [4.69, 9.17) is 9.47 Å². The Labute approximate surface area is 211 Å². The summed E-state index contributed by atoms with van der Waals surface area (Å²) in [4.78, 5) is 24.2. The maximum absolute atomic E-state index is 12.6. The van der Waals surface area contributed by atoms with E-state index in [-0.39, 0.29) is 11.5 Å². The zero-order valence-corrected chi connectivity index (χ0v) is 20.9. The number of allylic oxidation sites excluding steroid dienone is 5. The van der Waals surface area contributed by atoms with Crippen molar-refractivity contribution in [3.05, 3.63) is 90.2 Å². The largest absolute Gasteiger partial charge is 0.497 e. The molecule has 0 saturated heterocycles. The van der Waals surface area contributed by atoms with Crippen molar-refractivity contribution in [2.45, 2.75) is 26.2 Å². The summed E-state index contributed by atoms with van der Waals surface area (Å²) in [6, 6.07) is 10.3. The minimum Gasteiger partial charge on any atom is -0.497 e. The zero-order valence-electron chi connectivity index (χ0n) is 20.9. The first-order valence-corrected chi connectivity index (χ1v) is 11.7. The summed E-state index contributed by atoms with van der Waals surface area (Å²) in [6.07, 6.45) is 11.9. The number of rotatable bonds is 12. The van der Waals surface area contributed by atoms with Gasteiger partial charge in [-0.1, -0.05) is 24.8 Å². The maximum atomic E-state index is 12.6. The average Bonchev–Trinajstić information content (AvgIpc) is 3.25. The van der Waals surface area contributed by atoms with Crippen LogP contribution in [-0.2, 0) is 6.42 Å². The van der Waals surface area contributed by atoms with Crippen LogP contribution in [0.25, 0.3) is 16.6 Å². The van der Waals surface area contributed by atoms with Crippen molar-refractivity contribution in [1.29, 1.82) is 0 Å². The van der Waals surface area contributed by atoms with Crippen molar-refractivity contribution >= 4 is 28.5 Å². The molecule has 7 nitrogen and oxygen atoms in total. The van der Waals surface area contributed by atoms with Crippen LogP contribution in [0.5, 0.6) is 11.5 Å². The smallest absolute Gasteiger partial charge is 0.335 e. The number of amides is 1. The first kappa shape index (κ1) is 26.3. The number of methoxy groups -OCH3 is 2. The van der Waals surface area contributed by atoms with Crippen LogP contribution >= 0.6 is 0 Å². The predicted octanol–water partition coefficient (Wildman–Crippen LogP) is 5.71. The molecule has 0 unspecified atom stereocenters. The van der Waals surface area contributed by atoms with E-state index in [1.54, 1.807) is 43.5 Å². The molecule has 0 atom stereocenters. The lowest BCUT2D eigenvalue weighted by Crippen LogP contribution is -2.25. The molecule has 0 spiro atoms. The number of hydrogen-bond donors (Lipinski definition) is 2. The van der Waals surface area contributed by atoms with E-state index in [0.29, 0.717) is 23.6 Å². The SMILES string of the molecule is C=C/C=C\C=C(/C)n1cc(CCCCNC(=O)c2ccc(OC)cc2OC)c2cc(C(=O)O)ccc21. The second kappa shape index (κ2) is 12.4. The Morgan fingerprint density at radius 1 is 1.08 bits per heavy atom. The molecule has 36 heavy (non-hydrogen) atoms. The van der Waals surface area contributed by atoms with Crippen molar-refractivity contribution in [3.63, 3.8) is 0 Å². The van der Waals surface area contributed by atoms with Crippen LogP contribution < -0.4 is 14.8 Å². The van der Waals surface area contributed by atoms with E-state index < -0.39 is 5.97 Å². The number of fused-ring (bicyclic) bond motifs is 1. The lowest BCUT2D eigenvalue weighted by atomic mass is 10.0. The Morgan fingerprint density at radius 2 is 1.89 bits per heavy atom. The Kier molecular flexibility index (Phi) is 9.11. The summed E-state index contributed by atoms with van der Waals surface area (Å²) in [5.74, 6) is -0.0744. The Balaban J connectivity index is 1.69. The molecule has 2 aromatic carbocycles. The molecule has 0 aliphatic carbocycles. The topological polar surface area (TPSA) is 89.8 Å². The van der Waals surface area contributed by atoms with Gasteiger partial charge >= 0.3 is 5.97 Å². The number of carbonyl (C=O) groups excluding carboxylic acids is 1.